The first-order valence-corrected chi connectivity index (χ1v) is 6.04. The van der Waals surface area contributed by atoms with Crippen molar-refractivity contribution in [3.05, 3.63) is 34.2 Å². The average molecular weight is 234 g/mol. The molecule has 0 unspecified atom stereocenters. The van der Waals surface area contributed by atoms with Crippen LogP contribution in [0.15, 0.2) is 23.1 Å². The van der Waals surface area contributed by atoms with Gasteiger partial charge < -0.3 is 9.47 Å². The van der Waals surface area contributed by atoms with Crippen LogP contribution in [0.3, 0.4) is 0 Å². The molecular formula is C13H18N2O2. The van der Waals surface area contributed by atoms with Crippen LogP contribution in [0.5, 0.6) is 0 Å². The lowest BCUT2D eigenvalue weighted by molar-refractivity contribution is 0.0733. The minimum atomic E-state index is -0.220. The van der Waals surface area contributed by atoms with E-state index in [1.165, 1.54) is 17.4 Å². The molecule has 0 aromatic carbocycles. The smallest absolute Gasteiger partial charge is 0.263 e. The van der Waals surface area contributed by atoms with Crippen LogP contribution < -0.4 is 5.56 Å². The molecule has 0 radical (unpaired) electrons. The van der Waals surface area contributed by atoms with Gasteiger partial charge >= 0.3 is 0 Å². The van der Waals surface area contributed by atoms with Crippen molar-refractivity contribution in [2.45, 2.75) is 31.7 Å². The molecule has 1 aromatic heterocycles. The quantitative estimate of drug-likeness (QED) is 0.776. The van der Waals surface area contributed by atoms with Gasteiger partial charge in [0, 0.05) is 26.3 Å². The maximum Gasteiger partial charge on any atom is 0.263 e. The molecule has 1 aromatic rings. The zero-order chi connectivity index (χ0) is 12.4. The van der Waals surface area contributed by atoms with Crippen LogP contribution in [0.2, 0.25) is 0 Å². The van der Waals surface area contributed by atoms with E-state index in [1.54, 1.807) is 37.3 Å². The molecule has 0 bridgehead atoms. The SMILES string of the molecule is CN(C(=O)c1cccn(C)c1=O)C1CCCC1. The highest BCUT2D eigenvalue weighted by Crippen LogP contribution is 2.23. The van der Waals surface area contributed by atoms with E-state index in [4.69, 9.17) is 0 Å². The van der Waals surface area contributed by atoms with Gasteiger partial charge in [-0.15, -0.1) is 0 Å². The van der Waals surface area contributed by atoms with Crippen molar-refractivity contribution in [2.75, 3.05) is 7.05 Å². The third-order valence-corrected chi connectivity index (χ3v) is 3.55. The first-order chi connectivity index (χ1) is 8.11. The number of rotatable bonds is 2. The van der Waals surface area contributed by atoms with Crippen LogP contribution in [-0.4, -0.2) is 28.5 Å². The highest BCUT2D eigenvalue weighted by molar-refractivity contribution is 5.93. The summed E-state index contributed by atoms with van der Waals surface area (Å²) in [5, 5.41) is 0. The lowest BCUT2D eigenvalue weighted by Crippen LogP contribution is -2.38. The maximum atomic E-state index is 12.2. The van der Waals surface area contributed by atoms with Crippen molar-refractivity contribution in [3.63, 3.8) is 0 Å². The molecule has 0 aliphatic heterocycles. The average Bonchev–Trinajstić information content (AvgIpc) is 2.84. The van der Waals surface area contributed by atoms with Gasteiger partial charge in [-0.1, -0.05) is 12.8 Å². The Bertz CT molecular complexity index is 473. The maximum absolute atomic E-state index is 12.2. The largest absolute Gasteiger partial charge is 0.339 e. The summed E-state index contributed by atoms with van der Waals surface area (Å²) < 4.78 is 1.44. The predicted octanol–water partition coefficient (Wildman–Crippen LogP) is 1.40. The Balaban J connectivity index is 2.24. The molecule has 1 saturated carbocycles. The first-order valence-electron chi connectivity index (χ1n) is 6.04. The Morgan fingerprint density at radius 1 is 1.41 bits per heavy atom. The zero-order valence-corrected chi connectivity index (χ0v) is 10.3. The molecule has 4 nitrogen and oxygen atoms in total. The fraction of sp³-hybridized carbons (Fsp3) is 0.538. The van der Waals surface area contributed by atoms with Crippen LogP contribution in [0.1, 0.15) is 36.0 Å². The van der Waals surface area contributed by atoms with Crippen LogP contribution in [0.4, 0.5) is 0 Å². The monoisotopic (exact) mass is 234 g/mol. The molecule has 1 amide bonds. The van der Waals surface area contributed by atoms with Crippen molar-refractivity contribution in [3.8, 4) is 0 Å². The summed E-state index contributed by atoms with van der Waals surface area (Å²) in [5.41, 5.74) is 0.0479. The van der Waals surface area contributed by atoms with Crippen molar-refractivity contribution < 1.29 is 4.79 Å². The van der Waals surface area contributed by atoms with Crippen LogP contribution >= 0.6 is 0 Å². The molecule has 17 heavy (non-hydrogen) atoms. The Kier molecular flexibility index (Phi) is 3.31. The van der Waals surface area contributed by atoms with Gasteiger partial charge in [0.1, 0.15) is 5.56 Å². The number of pyridine rings is 1. The second kappa shape index (κ2) is 4.73. The second-order valence-corrected chi connectivity index (χ2v) is 4.69. The second-order valence-electron chi connectivity index (χ2n) is 4.69. The van der Waals surface area contributed by atoms with Crippen molar-refractivity contribution in [1.82, 2.24) is 9.47 Å². The van der Waals surface area contributed by atoms with E-state index >= 15 is 0 Å². The van der Waals surface area contributed by atoms with E-state index < -0.39 is 0 Å². The van der Waals surface area contributed by atoms with Crippen LogP contribution in [0.25, 0.3) is 0 Å². The predicted molar refractivity (Wildman–Crippen MR) is 66.0 cm³/mol. The third kappa shape index (κ3) is 2.25. The summed E-state index contributed by atoms with van der Waals surface area (Å²) in [6, 6.07) is 3.64. The summed E-state index contributed by atoms with van der Waals surface area (Å²) in [7, 11) is 3.46. The molecule has 1 fully saturated rings. The molecule has 2 rings (SSSR count). The molecule has 1 heterocycles. The molecular weight excluding hydrogens is 216 g/mol. The lowest BCUT2D eigenvalue weighted by Gasteiger charge is -2.24. The van der Waals surface area contributed by atoms with E-state index in [0.29, 0.717) is 6.04 Å². The van der Waals surface area contributed by atoms with Crippen molar-refractivity contribution in [2.24, 2.45) is 7.05 Å². The minimum absolute atomic E-state index is 0.155. The van der Waals surface area contributed by atoms with E-state index in [2.05, 4.69) is 0 Å². The number of amides is 1. The van der Waals surface area contributed by atoms with Crippen LogP contribution in [-0.2, 0) is 7.05 Å². The Morgan fingerprint density at radius 2 is 2.06 bits per heavy atom. The standard InChI is InChI=1S/C13H18N2O2/c1-14-9-5-8-11(12(14)16)13(17)15(2)10-6-3-4-7-10/h5,8-10H,3-4,6-7H2,1-2H3. The molecule has 92 valence electrons. The van der Waals surface area contributed by atoms with Gasteiger partial charge in [-0.2, -0.15) is 0 Å². The summed E-state index contributed by atoms with van der Waals surface area (Å²) >= 11 is 0. The molecule has 0 saturated heterocycles. The molecule has 1 aliphatic carbocycles. The highest BCUT2D eigenvalue weighted by Gasteiger charge is 2.25. The zero-order valence-electron chi connectivity index (χ0n) is 10.3. The van der Waals surface area contributed by atoms with Crippen molar-refractivity contribution in [1.29, 1.82) is 0 Å². The van der Waals surface area contributed by atoms with Crippen LogP contribution in [0, 0.1) is 0 Å². The fourth-order valence-electron chi connectivity index (χ4n) is 2.41. The van der Waals surface area contributed by atoms with Gasteiger partial charge in [0.2, 0.25) is 0 Å². The fourth-order valence-corrected chi connectivity index (χ4v) is 2.41. The summed E-state index contributed by atoms with van der Waals surface area (Å²) in [6.07, 6.45) is 6.11. The van der Waals surface area contributed by atoms with Crippen molar-refractivity contribution >= 4 is 5.91 Å². The summed E-state index contributed by atoms with van der Waals surface area (Å²) in [5.74, 6) is -0.155. The summed E-state index contributed by atoms with van der Waals surface area (Å²) in [4.78, 5) is 25.8. The Hall–Kier alpha value is -1.58. The molecule has 0 N–H and O–H groups in total. The molecule has 0 atom stereocenters. The topological polar surface area (TPSA) is 42.3 Å². The number of hydrogen-bond acceptors (Lipinski definition) is 2. The van der Waals surface area contributed by atoms with Gasteiger partial charge in [-0.25, -0.2) is 0 Å². The van der Waals surface area contributed by atoms with Gasteiger partial charge in [0.05, 0.1) is 0 Å². The van der Waals surface area contributed by atoms with E-state index in [0.717, 1.165) is 12.8 Å². The third-order valence-electron chi connectivity index (χ3n) is 3.55. The molecule has 1 aliphatic rings. The van der Waals surface area contributed by atoms with E-state index in [1.807, 2.05) is 0 Å². The number of carbonyl (C=O) groups excluding carboxylic acids is 1. The van der Waals surface area contributed by atoms with Gasteiger partial charge in [-0.05, 0) is 25.0 Å². The normalized spacial score (nSPS) is 16.1. The number of nitrogens with zero attached hydrogens (tertiary/aromatic N) is 2. The van der Waals surface area contributed by atoms with Gasteiger partial charge in [0.15, 0.2) is 0 Å². The first kappa shape index (κ1) is 11.9. The number of hydrogen-bond donors (Lipinski definition) is 0. The number of aryl methyl sites for hydroxylation is 1. The highest BCUT2D eigenvalue weighted by atomic mass is 16.2. The number of carbonyl (C=O) groups is 1. The number of aromatic nitrogens is 1. The summed E-state index contributed by atoms with van der Waals surface area (Å²) in [6.45, 7) is 0. The Morgan fingerprint density at radius 3 is 2.71 bits per heavy atom. The van der Waals surface area contributed by atoms with E-state index in [9.17, 15) is 9.59 Å². The molecule has 0 spiro atoms. The Labute approximate surface area is 101 Å². The van der Waals surface area contributed by atoms with Gasteiger partial charge in [-0.3, -0.25) is 9.59 Å². The van der Waals surface area contributed by atoms with E-state index in [-0.39, 0.29) is 17.0 Å². The van der Waals surface area contributed by atoms with Gasteiger partial charge in [0.25, 0.3) is 11.5 Å². The minimum Gasteiger partial charge on any atom is -0.339 e. The molecule has 4 heteroatoms. The lowest BCUT2D eigenvalue weighted by atomic mass is 10.2.